The van der Waals surface area contributed by atoms with Crippen molar-refractivity contribution < 1.29 is 24.0 Å². The van der Waals surface area contributed by atoms with Crippen LogP contribution in [-0.2, 0) is 27.3 Å². The van der Waals surface area contributed by atoms with E-state index < -0.39 is 12.0 Å². The maximum Gasteiger partial charge on any atom is 0.328 e. The maximum absolute atomic E-state index is 12.7. The molecule has 1 aromatic carbocycles. The van der Waals surface area contributed by atoms with E-state index in [4.69, 9.17) is 9.26 Å². The first kappa shape index (κ1) is 19.5. The minimum absolute atomic E-state index is 0.0102. The van der Waals surface area contributed by atoms with E-state index in [1.807, 2.05) is 6.07 Å². The second-order valence-electron chi connectivity index (χ2n) is 6.29. The number of para-hydroxylation sites is 1. The number of carboxylic acid groups (broad SMARTS) is 1. The predicted molar refractivity (Wildman–Crippen MR) is 98.7 cm³/mol. The van der Waals surface area contributed by atoms with E-state index in [2.05, 4.69) is 15.2 Å². The van der Waals surface area contributed by atoms with Gasteiger partial charge in [0, 0.05) is 27.0 Å². The number of nitrogens with zero attached hydrogens (tertiary/aromatic N) is 5. The molecule has 0 spiro atoms. The zero-order chi connectivity index (χ0) is 20.1. The molecule has 2 aromatic rings. The second kappa shape index (κ2) is 8.61. The number of carbonyl (C=O) groups excluding carboxylic acids is 1. The zero-order valence-electron chi connectivity index (χ0n) is 15.6. The van der Waals surface area contributed by atoms with Crippen molar-refractivity contribution in [1.29, 1.82) is 0 Å². The van der Waals surface area contributed by atoms with Gasteiger partial charge in [0.1, 0.15) is 12.3 Å². The molecule has 0 radical (unpaired) electrons. The Labute approximate surface area is 161 Å². The standard InChI is InChI=1S/C18H21N5O5/c1-22(11-16-19-15(21-28-16)8-9-27-2)17(24)13-10-14(18(25)26)23(20-13)12-6-4-3-5-7-12/h3-7,14H,8-11H2,1-2H3,(H,25,26). The van der Waals surface area contributed by atoms with Crippen LogP contribution in [0, 0.1) is 0 Å². The minimum Gasteiger partial charge on any atom is -0.480 e. The van der Waals surface area contributed by atoms with Gasteiger partial charge in [-0.2, -0.15) is 10.1 Å². The first-order chi connectivity index (χ1) is 13.5. The molecule has 0 fully saturated rings. The molecule has 1 aliphatic heterocycles. The van der Waals surface area contributed by atoms with E-state index in [1.54, 1.807) is 38.4 Å². The number of carboxylic acids is 1. The molecule has 0 aliphatic carbocycles. The fraction of sp³-hybridized carbons (Fsp3) is 0.389. The first-order valence-corrected chi connectivity index (χ1v) is 8.70. The summed E-state index contributed by atoms with van der Waals surface area (Å²) in [6, 6.07) is 7.95. The molecule has 3 rings (SSSR count). The van der Waals surface area contributed by atoms with Gasteiger partial charge in [-0.05, 0) is 12.1 Å². The van der Waals surface area contributed by atoms with E-state index in [-0.39, 0.29) is 30.5 Å². The van der Waals surface area contributed by atoms with Gasteiger partial charge in [0.05, 0.1) is 12.3 Å². The highest BCUT2D eigenvalue weighted by atomic mass is 16.5. The number of ether oxygens (including phenoxy) is 1. The monoisotopic (exact) mass is 387 g/mol. The largest absolute Gasteiger partial charge is 0.480 e. The summed E-state index contributed by atoms with van der Waals surface area (Å²) in [5.74, 6) is -0.647. The molecule has 2 heterocycles. The molecular weight excluding hydrogens is 366 g/mol. The average Bonchev–Trinajstić information content (AvgIpc) is 3.33. The van der Waals surface area contributed by atoms with E-state index in [0.29, 0.717) is 24.5 Å². The molecule has 10 heteroatoms. The number of aromatic nitrogens is 2. The smallest absolute Gasteiger partial charge is 0.328 e. The summed E-state index contributed by atoms with van der Waals surface area (Å²) in [6.07, 6.45) is 0.521. The number of hydrogen-bond donors (Lipinski definition) is 1. The zero-order valence-corrected chi connectivity index (χ0v) is 15.6. The van der Waals surface area contributed by atoms with Gasteiger partial charge in [0.25, 0.3) is 5.91 Å². The molecular formula is C18H21N5O5. The van der Waals surface area contributed by atoms with Gasteiger partial charge in [-0.15, -0.1) is 0 Å². The summed E-state index contributed by atoms with van der Waals surface area (Å²) in [6.45, 7) is 0.567. The van der Waals surface area contributed by atoms with E-state index >= 15 is 0 Å². The predicted octanol–water partition coefficient (Wildman–Crippen LogP) is 0.936. The lowest BCUT2D eigenvalue weighted by Crippen LogP contribution is -2.36. The molecule has 10 nitrogen and oxygen atoms in total. The summed E-state index contributed by atoms with van der Waals surface area (Å²) >= 11 is 0. The van der Waals surface area contributed by atoms with Crippen molar-refractivity contribution in [3.63, 3.8) is 0 Å². The fourth-order valence-electron chi connectivity index (χ4n) is 2.79. The summed E-state index contributed by atoms with van der Waals surface area (Å²) < 4.78 is 10.1. The van der Waals surface area contributed by atoms with Crippen LogP contribution in [0.5, 0.6) is 0 Å². The quantitative estimate of drug-likeness (QED) is 0.710. The molecule has 1 amide bonds. The molecule has 0 bridgehead atoms. The number of methoxy groups -OCH3 is 1. The van der Waals surface area contributed by atoms with Crippen LogP contribution < -0.4 is 5.01 Å². The third kappa shape index (κ3) is 4.34. The molecule has 1 atom stereocenters. The van der Waals surface area contributed by atoms with Gasteiger partial charge in [-0.25, -0.2) is 4.79 Å². The summed E-state index contributed by atoms with van der Waals surface area (Å²) in [4.78, 5) is 29.9. The Hall–Kier alpha value is -3.27. The van der Waals surface area contributed by atoms with Gasteiger partial charge in [-0.3, -0.25) is 9.80 Å². The number of hydrogen-bond acceptors (Lipinski definition) is 8. The van der Waals surface area contributed by atoms with Crippen molar-refractivity contribution in [3.05, 3.63) is 42.0 Å². The molecule has 1 aromatic heterocycles. The van der Waals surface area contributed by atoms with Crippen LogP contribution in [0.4, 0.5) is 5.69 Å². The average molecular weight is 387 g/mol. The fourth-order valence-corrected chi connectivity index (χ4v) is 2.79. The Balaban J connectivity index is 1.70. The molecule has 148 valence electrons. The lowest BCUT2D eigenvalue weighted by molar-refractivity contribution is -0.138. The van der Waals surface area contributed by atoms with Gasteiger partial charge >= 0.3 is 5.97 Å². The number of hydrazone groups is 1. The van der Waals surface area contributed by atoms with Crippen molar-refractivity contribution in [1.82, 2.24) is 15.0 Å². The van der Waals surface area contributed by atoms with Crippen molar-refractivity contribution in [3.8, 4) is 0 Å². The summed E-state index contributed by atoms with van der Waals surface area (Å²) in [5, 5.41) is 19.0. The van der Waals surface area contributed by atoms with E-state index in [9.17, 15) is 14.7 Å². The number of anilines is 1. The van der Waals surface area contributed by atoms with Gasteiger partial charge in [0.2, 0.25) is 5.89 Å². The Morgan fingerprint density at radius 2 is 2.11 bits per heavy atom. The summed E-state index contributed by atoms with van der Waals surface area (Å²) in [5.41, 5.74) is 0.776. The van der Waals surface area contributed by atoms with Crippen LogP contribution in [0.25, 0.3) is 0 Å². The molecule has 0 saturated heterocycles. The van der Waals surface area contributed by atoms with E-state index in [0.717, 1.165) is 0 Å². The molecule has 0 saturated carbocycles. The minimum atomic E-state index is -1.04. The van der Waals surface area contributed by atoms with Crippen LogP contribution in [0.1, 0.15) is 18.1 Å². The van der Waals surface area contributed by atoms with Crippen LogP contribution >= 0.6 is 0 Å². The Morgan fingerprint density at radius 1 is 1.36 bits per heavy atom. The van der Waals surface area contributed by atoms with Crippen LogP contribution in [0.2, 0.25) is 0 Å². The summed E-state index contributed by atoms with van der Waals surface area (Å²) in [7, 11) is 3.16. The second-order valence-corrected chi connectivity index (χ2v) is 6.29. The van der Waals surface area contributed by atoms with Crippen molar-refractivity contribution >= 4 is 23.3 Å². The Bertz CT molecular complexity index is 866. The number of carbonyl (C=O) groups is 2. The molecule has 1 N–H and O–H groups in total. The van der Waals surface area contributed by atoms with E-state index in [1.165, 1.54) is 9.91 Å². The molecule has 1 unspecified atom stereocenters. The van der Waals surface area contributed by atoms with Gasteiger partial charge in [-0.1, -0.05) is 23.4 Å². The highest BCUT2D eigenvalue weighted by Crippen LogP contribution is 2.25. The topological polar surface area (TPSA) is 121 Å². The maximum atomic E-state index is 12.7. The number of benzene rings is 1. The highest BCUT2D eigenvalue weighted by Gasteiger charge is 2.37. The number of amides is 1. The lowest BCUT2D eigenvalue weighted by atomic mass is 10.1. The SMILES string of the molecule is COCCc1noc(CN(C)C(=O)C2=NN(c3ccccc3)C(C(=O)O)C2)n1. The molecule has 1 aliphatic rings. The lowest BCUT2D eigenvalue weighted by Gasteiger charge is -2.19. The highest BCUT2D eigenvalue weighted by molar-refractivity contribution is 6.40. The van der Waals surface area contributed by atoms with Crippen molar-refractivity contribution in [2.24, 2.45) is 5.10 Å². The normalized spacial score (nSPS) is 16.1. The van der Waals surface area contributed by atoms with Gasteiger partial charge in [0.15, 0.2) is 11.9 Å². The van der Waals surface area contributed by atoms with Crippen LogP contribution in [0.3, 0.4) is 0 Å². The first-order valence-electron chi connectivity index (χ1n) is 8.70. The van der Waals surface area contributed by atoms with Crippen LogP contribution in [0.15, 0.2) is 40.0 Å². The third-order valence-electron chi connectivity index (χ3n) is 4.22. The van der Waals surface area contributed by atoms with Crippen LogP contribution in [-0.4, -0.2) is 64.5 Å². The number of aliphatic carboxylic acids is 1. The number of rotatable bonds is 8. The molecule has 28 heavy (non-hydrogen) atoms. The third-order valence-corrected chi connectivity index (χ3v) is 4.22. The van der Waals surface area contributed by atoms with Crippen molar-refractivity contribution in [2.75, 3.05) is 25.8 Å². The Morgan fingerprint density at radius 3 is 2.79 bits per heavy atom. The Kier molecular flexibility index (Phi) is 5.99. The van der Waals surface area contributed by atoms with Gasteiger partial charge < -0.3 is 19.3 Å². The van der Waals surface area contributed by atoms with Crippen molar-refractivity contribution in [2.45, 2.75) is 25.4 Å².